The third-order valence-electron chi connectivity index (χ3n) is 6.18. The first-order valence-electron chi connectivity index (χ1n) is 10.2. The number of benzene rings is 2. The van der Waals surface area contributed by atoms with E-state index in [1.807, 2.05) is 44.0 Å². The molecule has 2 heterocycles. The topological polar surface area (TPSA) is 55.8 Å². The minimum Gasteiger partial charge on any atom is -0.394 e. The van der Waals surface area contributed by atoms with Gasteiger partial charge in [-0.3, -0.25) is 0 Å². The summed E-state index contributed by atoms with van der Waals surface area (Å²) < 4.78 is 13.8. The molecule has 1 fully saturated rings. The number of carbonyl (C=O) groups excluding carboxylic acids is 1. The molecule has 2 aliphatic heterocycles. The summed E-state index contributed by atoms with van der Waals surface area (Å²) in [5.74, 6) is -0.118. The molecule has 2 amide bonds. The largest absolute Gasteiger partial charge is 0.394 e. The molecule has 6 heteroatoms. The third-order valence-corrected chi connectivity index (χ3v) is 6.18. The molecule has 1 saturated heterocycles. The number of anilines is 1. The molecule has 4 rings (SSSR count). The molecule has 0 unspecified atom stereocenters. The lowest BCUT2D eigenvalue weighted by molar-refractivity contribution is 0.159. The Morgan fingerprint density at radius 2 is 2.00 bits per heavy atom. The molecule has 2 N–H and O–H groups in total. The molecule has 2 aliphatic rings. The average molecular weight is 397 g/mol. The van der Waals surface area contributed by atoms with Crippen LogP contribution in [0.2, 0.25) is 0 Å². The molecule has 0 aliphatic carbocycles. The maximum absolute atomic E-state index is 13.8. The average Bonchev–Trinajstić information content (AvgIpc) is 3.13. The second-order valence-electron chi connectivity index (χ2n) is 8.34. The van der Waals surface area contributed by atoms with Crippen molar-refractivity contribution in [1.29, 1.82) is 0 Å². The molecule has 0 bridgehead atoms. The standard InChI is InChI=1S/C23H28FN3O2/c1-14(2)25-23(29)27-10-9-18-21(13-28)26(3)20-8-7-16(12-19(20)22(18)27)15-5-4-6-17(24)11-15/h4-8,11-12,14,18,21-22,28H,9-10,13H2,1-3H3,(H,25,29)/t18-,21-,22-/m1/s1. The zero-order chi connectivity index (χ0) is 20.7. The van der Waals surface area contributed by atoms with Gasteiger partial charge in [-0.2, -0.15) is 0 Å². The molecule has 5 nitrogen and oxygen atoms in total. The molecule has 0 aromatic heterocycles. The normalized spacial score (nSPS) is 23.2. The number of carbonyl (C=O) groups is 1. The van der Waals surface area contributed by atoms with E-state index >= 15 is 0 Å². The first-order valence-corrected chi connectivity index (χ1v) is 10.2. The van der Waals surface area contributed by atoms with Gasteiger partial charge in [0.25, 0.3) is 0 Å². The van der Waals surface area contributed by atoms with E-state index in [2.05, 4.69) is 16.3 Å². The summed E-state index contributed by atoms with van der Waals surface area (Å²) in [6.07, 6.45) is 0.843. The minimum absolute atomic E-state index is 0.0376. The monoisotopic (exact) mass is 397 g/mol. The number of nitrogens with one attached hydrogen (secondary N) is 1. The van der Waals surface area contributed by atoms with Crippen molar-refractivity contribution in [3.8, 4) is 11.1 Å². The molecule has 0 radical (unpaired) electrons. The number of fused-ring (bicyclic) bond motifs is 3. The smallest absolute Gasteiger partial charge is 0.318 e. The van der Waals surface area contributed by atoms with Crippen LogP contribution in [0, 0.1) is 11.7 Å². The van der Waals surface area contributed by atoms with Gasteiger partial charge in [0.2, 0.25) is 0 Å². The Morgan fingerprint density at radius 1 is 1.24 bits per heavy atom. The van der Waals surface area contributed by atoms with Crippen molar-refractivity contribution in [1.82, 2.24) is 10.2 Å². The quantitative estimate of drug-likeness (QED) is 0.829. The predicted octanol–water partition coefficient (Wildman–Crippen LogP) is 3.78. The molecule has 2 aromatic carbocycles. The SMILES string of the molecule is CC(C)NC(=O)N1CC[C@@H]2[C@@H](CO)N(C)c3ccc(-c4cccc(F)c4)cc3[C@@H]21. The summed E-state index contributed by atoms with van der Waals surface area (Å²) in [7, 11) is 1.99. The van der Waals surface area contributed by atoms with Crippen LogP contribution in [0.15, 0.2) is 42.5 Å². The Bertz CT molecular complexity index is 917. The van der Waals surface area contributed by atoms with Gasteiger partial charge < -0.3 is 20.2 Å². The Morgan fingerprint density at radius 3 is 2.69 bits per heavy atom. The number of hydrogen-bond donors (Lipinski definition) is 2. The molecular formula is C23H28FN3O2. The van der Waals surface area contributed by atoms with Crippen LogP contribution in [0.25, 0.3) is 11.1 Å². The van der Waals surface area contributed by atoms with Gasteiger partial charge in [0.05, 0.1) is 18.7 Å². The van der Waals surface area contributed by atoms with Crippen LogP contribution in [0.1, 0.15) is 31.9 Å². The number of halogens is 1. The highest BCUT2D eigenvalue weighted by Crippen LogP contribution is 2.49. The number of likely N-dealkylation sites (N-methyl/N-ethyl adjacent to an activating group) is 1. The Hall–Kier alpha value is -2.60. The molecule has 0 saturated carbocycles. The van der Waals surface area contributed by atoms with E-state index in [9.17, 15) is 14.3 Å². The number of likely N-dealkylation sites (tertiary alicyclic amines) is 1. The van der Waals surface area contributed by atoms with E-state index in [1.54, 1.807) is 6.07 Å². The number of rotatable bonds is 3. The van der Waals surface area contributed by atoms with Crippen LogP contribution in [-0.4, -0.2) is 48.3 Å². The summed E-state index contributed by atoms with van der Waals surface area (Å²) in [6.45, 7) is 4.60. The van der Waals surface area contributed by atoms with E-state index in [4.69, 9.17) is 0 Å². The number of nitrogens with zero attached hydrogens (tertiary/aromatic N) is 2. The Labute approximate surface area is 171 Å². The van der Waals surface area contributed by atoms with Gasteiger partial charge in [-0.25, -0.2) is 9.18 Å². The van der Waals surface area contributed by atoms with E-state index < -0.39 is 0 Å². The molecule has 2 aromatic rings. The summed E-state index contributed by atoms with van der Waals surface area (Å²) in [6, 6.07) is 12.5. The zero-order valence-corrected chi connectivity index (χ0v) is 17.1. The van der Waals surface area contributed by atoms with Crippen molar-refractivity contribution in [3.05, 3.63) is 53.8 Å². The fourth-order valence-electron chi connectivity index (χ4n) is 4.86. The van der Waals surface area contributed by atoms with Gasteiger partial charge in [0.1, 0.15) is 5.82 Å². The number of urea groups is 1. The molecule has 0 spiro atoms. The maximum atomic E-state index is 13.8. The van der Waals surface area contributed by atoms with Crippen molar-refractivity contribution >= 4 is 11.7 Å². The second-order valence-corrected chi connectivity index (χ2v) is 8.34. The predicted molar refractivity (Wildman–Crippen MR) is 112 cm³/mol. The van der Waals surface area contributed by atoms with Gasteiger partial charge in [-0.1, -0.05) is 18.2 Å². The number of hydrogen-bond acceptors (Lipinski definition) is 3. The van der Waals surface area contributed by atoms with Crippen LogP contribution in [0.3, 0.4) is 0 Å². The molecule has 3 atom stereocenters. The molecule has 154 valence electrons. The van der Waals surface area contributed by atoms with Gasteiger partial charge >= 0.3 is 6.03 Å². The van der Waals surface area contributed by atoms with E-state index in [-0.39, 0.29) is 42.5 Å². The fourth-order valence-corrected chi connectivity index (χ4v) is 4.86. The Balaban J connectivity index is 1.80. The summed E-state index contributed by atoms with van der Waals surface area (Å²) in [5, 5.41) is 13.1. The van der Waals surface area contributed by atoms with E-state index in [0.717, 1.165) is 28.8 Å². The van der Waals surface area contributed by atoms with Crippen molar-refractivity contribution in [2.45, 2.75) is 38.4 Å². The number of aliphatic hydroxyl groups excluding tert-OH is 1. The van der Waals surface area contributed by atoms with E-state index in [1.165, 1.54) is 12.1 Å². The lowest BCUT2D eigenvalue weighted by atomic mass is 9.81. The molecule has 29 heavy (non-hydrogen) atoms. The molecular weight excluding hydrogens is 369 g/mol. The van der Waals surface area contributed by atoms with Crippen molar-refractivity contribution in [2.75, 3.05) is 25.1 Å². The first kappa shape index (κ1) is 19.7. The van der Waals surface area contributed by atoms with Crippen molar-refractivity contribution < 1.29 is 14.3 Å². The minimum atomic E-state index is -0.269. The highest BCUT2D eigenvalue weighted by molar-refractivity contribution is 5.77. The van der Waals surface area contributed by atoms with Gasteiger partial charge in [0.15, 0.2) is 0 Å². The second kappa shape index (κ2) is 7.67. The highest BCUT2D eigenvalue weighted by atomic mass is 19.1. The summed E-state index contributed by atoms with van der Waals surface area (Å²) in [5.41, 5.74) is 3.80. The van der Waals surface area contributed by atoms with Gasteiger partial charge in [-0.05, 0) is 61.2 Å². The van der Waals surface area contributed by atoms with Crippen LogP contribution in [-0.2, 0) is 0 Å². The van der Waals surface area contributed by atoms with Crippen molar-refractivity contribution in [2.24, 2.45) is 5.92 Å². The van der Waals surface area contributed by atoms with Crippen LogP contribution in [0.5, 0.6) is 0 Å². The number of amides is 2. The summed E-state index contributed by atoms with van der Waals surface area (Å²) >= 11 is 0. The van der Waals surface area contributed by atoms with Gasteiger partial charge in [-0.15, -0.1) is 0 Å². The lowest BCUT2D eigenvalue weighted by Gasteiger charge is -2.44. The lowest BCUT2D eigenvalue weighted by Crippen LogP contribution is -2.50. The fraction of sp³-hybridized carbons (Fsp3) is 0.435. The highest BCUT2D eigenvalue weighted by Gasteiger charge is 2.47. The maximum Gasteiger partial charge on any atom is 0.318 e. The van der Waals surface area contributed by atoms with E-state index in [0.29, 0.717) is 6.54 Å². The van der Waals surface area contributed by atoms with Gasteiger partial charge in [0, 0.05) is 31.2 Å². The van der Waals surface area contributed by atoms with Crippen LogP contribution in [0.4, 0.5) is 14.9 Å². The van der Waals surface area contributed by atoms with Crippen LogP contribution < -0.4 is 10.2 Å². The summed E-state index contributed by atoms with van der Waals surface area (Å²) in [4.78, 5) is 16.9. The van der Waals surface area contributed by atoms with Crippen LogP contribution >= 0.6 is 0 Å². The zero-order valence-electron chi connectivity index (χ0n) is 17.1. The number of aliphatic hydroxyl groups is 1. The van der Waals surface area contributed by atoms with Crippen molar-refractivity contribution in [3.63, 3.8) is 0 Å². The Kier molecular flexibility index (Phi) is 5.21. The first-order chi connectivity index (χ1) is 13.9. The third kappa shape index (κ3) is 3.46.